The van der Waals surface area contributed by atoms with Gasteiger partial charge < -0.3 is 5.32 Å². The van der Waals surface area contributed by atoms with Crippen LogP contribution in [0, 0.1) is 11.6 Å². The van der Waals surface area contributed by atoms with Gasteiger partial charge in [0, 0.05) is 19.2 Å². The van der Waals surface area contributed by atoms with E-state index in [1.165, 1.54) is 0 Å². The maximum absolute atomic E-state index is 13.3. The van der Waals surface area contributed by atoms with E-state index in [1.807, 2.05) is 6.92 Å². The molecule has 0 spiro atoms. The van der Waals surface area contributed by atoms with Crippen LogP contribution in [0.2, 0.25) is 0 Å². The van der Waals surface area contributed by atoms with Gasteiger partial charge in [-0.05, 0) is 25.1 Å². The van der Waals surface area contributed by atoms with Crippen molar-refractivity contribution < 1.29 is 17.2 Å². The van der Waals surface area contributed by atoms with Crippen molar-refractivity contribution in [3.8, 4) is 0 Å². The van der Waals surface area contributed by atoms with E-state index in [0.717, 1.165) is 25.1 Å². The van der Waals surface area contributed by atoms with Crippen molar-refractivity contribution in [3.63, 3.8) is 0 Å². The zero-order valence-corrected chi connectivity index (χ0v) is 10.9. The molecule has 0 radical (unpaired) electrons. The first-order valence-corrected chi connectivity index (χ1v) is 7.11. The fraction of sp³-hybridized carbons (Fsp3) is 0.455. The van der Waals surface area contributed by atoms with E-state index >= 15 is 0 Å². The van der Waals surface area contributed by atoms with E-state index in [2.05, 4.69) is 10.0 Å². The van der Waals surface area contributed by atoms with E-state index < -0.39 is 26.6 Å². The van der Waals surface area contributed by atoms with E-state index in [4.69, 9.17) is 0 Å². The molecule has 0 aliphatic heterocycles. The lowest BCUT2D eigenvalue weighted by Gasteiger charge is -2.08. The number of hydrogen-bond donors (Lipinski definition) is 2. The Kier molecular flexibility index (Phi) is 5.64. The second-order valence-corrected chi connectivity index (χ2v) is 5.46. The summed E-state index contributed by atoms with van der Waals surface area (Å²) in [5, 5.41) is 3.00. The number of rotatable bonds is 7. The predicted octanol–water partition coefficient (Wildman–Crippen LogP) is 1.24. The smallest absolute Gasteiger partial charge is 0.243 e. The van der Waals surface area contributed by atoms with Gasteiger partial charge >= 0.3 is 0 Å². The first kappa shape index (κ1) is 15.0. The standard InChI is InChI=1S/C11H16F2N2O2S/c1-2-5-14-6-7-15-18(16,17)11-4-3-9(12)8-10(11)13/h3-4,8,14-15H,2,5-7H2,1H3. The molecule has 18 heavy (non-hydrogen) atoms. The van der Waals surface area contributed by atoms with Gasteiger partial charge in [0.2, 0.25) is 10.0 Å². The Hall–Kier alpha value is -1.05. The Labute approximate surface area is 105 Å². The third-order valence-corrected chi connectivity index (χ3v) is 3.70. The van der Waals surface area contributed by atoms with Crippen LogP contribution >= 0.6 is 0 Å². The molecule has 4 nitrogen and oxygen atoms in total. The van der Waals surface area contributed by atoms with Gasteiger partial charge in [0.25, 0.3) is 0 Å². The number of nitrogens with one attached hydrogen (secondary N) is 2. The Morgan fingerprint density at radius 2 is 1.89 bits per heavy atom. The number of sulfonamides is 1. The highest BCUT2D eigenvalue weighted by molar-refractivity contribution is 7.89. The molecule has 0 unspecified atom stereocenters. The molecule has 0 atom stereocenters. The summed E-state index contributed by atoms with van der Waals surface area (Å²) in [6.45, 7) is 3.38. The minimum absolute atomic E-state index is 0.152. The topological polar surface area (TPSA) is 58.2 Å². The summed E-state index contributed by atoms with van der Waals surface area (Å²) in [4.78, 5) is -0.542. The predicted molar refractivity (Wildman–Crippen MR) is 64.7 cm³/mol. The normalized spacial score (nSPS) is 11.7. The molecule has 2 N–H and O–H groups in total. The van der Waals surface area contributed by atoms with Crippen LogP contribution in [0.3, 0.4) is 0 Å². The van der Waals surface area contributed by atoms with E-state index in [1.54, 1.807) is 0 Å². The van der Waals surface area contributed by atoms with Gasteiger partial charge in [-0.1, -0.05) is 6.92 Å². The van der Waals surface area contributed by atoms with Gasteiger partial charge in [0.1, 0.15) is 16.5 Å². The van der Waals surface area contributed by atoms with Crippen LogP contribution in [-0.2, 0) is 10.0 Å². The van der Waals surface area contributed by atoms with Crippen LogP contribution in [0.25, 0.3) is 0 Å². The van der Waals surface area contributed by atoms with Crippen molar-refractivity contribution in [2.45, 2.75) is 18.2 Å². The SMILES string of the molecule is CCCNCCNS(=O)(=O)c1ccc(F)cc1F. The van der Waals surface area contributed by atoms with Crippen molar-refractivity contribution in [3.05, 3.63) is 29.8 Å². The van der Waals surface area contributed by atoms with E-state index in [-0.39, 0.29) is 6.54 Å². The summed E-state index contributed by atoms with van der Waals surface area (Å²) < 4.78 is 51.6. The maximum Gasteiger partial charge on any atom is 0.243 e. The number of benzene rings is 1. The third kappa shape index (κ3) is 4.32. The Balaban J connectivity index is 2.63. The molecular weight excluding hydrogens is 262 g/mol. The molecule has 0 aromatic heterocycles. The minimum atomic E-state index is -3.93. The van der Waals surface area contributed by atoms with Gasteiger partial charge in [-0.3, -0.25) is 0 Å². The first-order chi connectivity index (χ1) is 8.47. The molecule has 102 valence electrons. The summed E-state index contributed by atoms with van der Waals surface area (Å²) in [5.41, 5.74) is 0. The van der Waals surface area contributed by atoms with Crippen molar-refractivity contribution in [1.29, 1.82) is 0 Å². The molecule has 1 rings (SSSR count). The maximum atomic E-state index is 13.3. The minimum Gasteiger partial charge on any atom is -0.315 e. The molecule has 1 aromatic carbocycles. The van der Waals surface area contributed by atoms with Crippen LogP contribution in [0.4, 0.5) is 8.78 Å². The van der Waals surface area contributed by atoms with Gasteiger partial charge in [-0.25, -0.2) is 21.9 Å². The molecule has 0 bridgehead atoms. The van der Waals surface area contributed by atoms with E-state index in [0.29, 0.717) is 12.6 Å². The van der Waals surface area contributed by atoms with Gasteiger partial charge in [0.15, 0.2) is 0 Å². The highest BCUT2D eigenvalue weighted by Gasteiger charge is 2.18. The molecule has 0 amide bonds. The number of halogens is 2. The summed E-state index contributed by atoms with van der Waals surface area (Å²) >= 11 is 0. The highest BCUT2D eigenvalue weighted by Crippen LogP contribution is 2.14. The van der Waals surface area contributed by atoms with E-state index in [9.17, 15) is 17.2 Å². The number of hydrogen-bond acceptors (Lipinski definition) is 3. The molecule has 7 heteroatoms. The molecule has 0 saturated carbocycles. The Morgan fingerprint density at radius 1 is 1.17 bits per heavy atom. The lowest BCUT2D eigenvalue weighted by atomic mass is 10.3. The van der Waals surface area contributed by atoms with Gasteiger partial charge in [-0.2, -0.15) is 0 Å². The van der Waals surface area contributed by atoms with Crippen molar-refractivity contribution in [2.24, 2.45) is 0 Å². The van der Waals surface area contributed by atoms with Crippen molar-refractivity contribution in [2.75, 3.05) is 19.6 Å². The van der Waals surface area contributed by atoms with Crippen LogP contribution in [0.15, 0.2) is 23.1 Å². The summed E-state index contributed by atoms with van der Waals surface area (Å²) in [6.07, 6.45) is 0.944. The van der Waals surface area contributed by atoms with Crippen molar-refractivity contribution in [1.82, 2.24) is 10.0 Å². The zero-order chi connectivity index (χ0) is 13.6. The molecule has 1 aromatic rings. The zero-order valence-electron chi connectivity index (χ0n) is 10.0. The van der Waals surface area contributed by atoms with Gasteiger partial charge in [0.05, 0.1) is 0 Å². The summed E-state index contributed by atoms with van der Waals surface area (Å²) in [5.74, 6) is -1.90. The third-order valence-electron chi connectivity index (χ3n) is 2.20. The van der Waals surface area contributed by atoms with Crippen LogP contribution < -0.4 is 10.0 Å². The monoisotopic (exact) mass is 278 g/mol. The molecule has 0 heterocycles. The highest BCUT2D eigenvalue weighted by atomic mass is 32.2. The lowest BCUT2D eigenvalue weighted by Crippen LogP contribution is -2.32. The Morgan fingerprint density at radius 3 is 2.50 bits per heavy atom. The summed E-state index contributed by atoms with van der Waals surface area (Å²) in [7, 11) is -3.93. The fourth-order valence-corrected chi connectivity index (χ4v) is 2.44. The molecule has 0 fully saturated rings. The van der Waals surface area contributed by atoms with Crippen LogP contribution in [0.1, 0.15) is 13.3 Å². The van der Waals surface area contributed by atoms with Crippen LogP contribution in [-0.4, -0.2) is 28.1 Å². The molecule has 0 aliphatic carbocycles. The second-order valence-electron chi connectivity index (χ2n) is 3.72. The quantitative estimate of drug-likeness (QED) is 0.738. The average Bonchev–Trinajstić information content (AvgIpc) is 2.28. The average molecular weight is 278 g/mol. The summed E-state index contributed by atoms with van der Waals surface area (Å²) in [6, 6.07) is 2.36. The molecule has 0 aliphatic rings. The molecular formula is C11H16F2N2O2S. The fourth-order valence-electron chi connectivity index (χ4n) is 1.35. The van der Waals surface area contributed by atoms with Crippen molar-refractivity contribution >= 4 is 10.0 Å². The Bertz CT molecular complexity index is 492. The van der Waals surface area contributed by atoms with Gasteiger partial charge in [-0.15, -0.1) is 0 Å². The molecule has 0 saturated heterocycles. The van der Waals surface area contributed by atoms with Crippen LogP contribution in [0.5, 0.6) is 0 Å². The largest absolute Gasteiger partial charge is 0.315 e. The second kappa shape index (κ2) is 6.77. The first-order valence-electron chi connectivity index (χ1n) is 5.63. The lowest BCUT2D eigenvalue weighted by molar-refractivity contribution is 0.541.